The topological polar surface area (TPSA) is 82.5 Å². The van der Waals surface area contributed by atoms with Crippen molar-refractivity contribution >= 4 is 12.0 Å². The fourth-order valence-corrected chi connectivity index (χ4v) is 1.64. The van der Waals surface area contributed by atoms with Crippen molar-refractivity contribution in [2.75, 3.05) is 6.54 Å². The second-order valence-electron chi connectivity index (χ2n) is 4.20. The van der Waals surface area contributed by atoms with Gasteiger partial charge in [-0.15, -0.1) is 6.58 Å². The smallest absolute Gasteiger partial charge is 0.326 e. The summed E-state index contributed by atoms with van der Waals surface area (Å²) < 4.78 is 0. The Bertz CT molecular complexity index is 462. The Hall–Kier alpha value is -2.37. The molecule has 0 aromatic carbocycles. The zero-order valence-electron chi connectivity index (χ0n) is 11.5. The van der Waals surface area contributed by atoms with E-state index in [1.165, 1.54) is 11.0 Å². The molecule has 1 aromatic heterocycles. The van der Waals surface area contributed by atoms with E-state index < -0.39 is 18.0 Å². The molecule has 6 heteroatoms. The van der Waals surface area contributed by atoms with Gasteiger partial charge < -0.3 is 15.3 Å². The minimum absolute atomic E-state index is 0.183. The number of aromatic nitrogens is 1. The maximum Gasteiger partial charge on any atom is 0.326 e. The number of carbonyl (C=O) groups excluding carboxylic acids is 1. The monoisotopic (exact) mass is 277 g/mol. The average Bonchev–Trinajstić information content (AvgIpc) is 2.45. The Kier molecular flexibility index (Phi) is 6.22. The summed E-state index contributed by atoms with van der Waals surface area (Å²) in [5.74, 6) is -1.08. The standard InChI is InChI=1S/C14H19N3O3/c1-3-7-12(13(18)19)16-14(20)17(4-2)10-11-8-5-6-9-15-11/h3,5-6,8-9,12H,1,4,7,10H2,2H3,(H,16,20)(H,18,19). The molecular formula is C14H19N3O3. The first-order chi connectivity index (χ1) is 9.58. The minimum Gasteiger partial charge on any atom is -0.480 e. The molecule has 1 aromatic rings. The van der Waals surface area contributed by atoms with E-state index in [4.69, 9.17) is 5.11 Å². The van der Waals surface area contributed by atoms with E-state index in [0.29, 0.717) is 13.1 Å². The quantitative estimate of drug-likeness (QED) is 0.742. The molecule has 0 radical (unpaired) electrons. The van der Waals surface area contributed by atoms with Gasteiger partial charge in [0.1, 0.15) is 6.04 Å². The largest absolute Gasteiger partial charge is 0.480 e. The molecule has 0 aliphatic rings. The summed E-state index contributed by atoms with van der Waals surface area (Å²) in [6.07, 6.45) is 3.30. The van der Waals surface area contributed by atoms with Crippen molar-refractivity contribution in [2.24, 2.45) is 0 Å². The normalized spacial score (nSPS) is 11.4. The lowest BCUT2D eigenvalue weighted by Crippen LogP contribution is -2.47. The number of aliphatic carboxylic acids is 1. The second kappa shape index (κ2) is 7.93. The number of carboxylic acid groups (broad SMARTS) is 1. The number of carboxylic acids is 1. The molecule has 1 heterocycles. The first-order valence-corrected chi connectivity index (χ1v) is 6.37. The van der Waals surface area contributed by atoms with Crippen LogP contribution in [-0.2, 0) is 11.3 Å². The van der Waals surface area contributed by atoms with Crippen molar-refractivity contribution in [3.8, 4) is 0 Å². The van der Waals surface area contributed by atoms with Crippen LogP contribution >= 0.6 is 0 Å². The molecule has 0 spiro atoms. The highest BCUT2D eigenvalue weighted by Crippen LogP contribution is 2.03. The summed E-state index contributed by atoms with van der Waals surface area (Å²) in [7, 11) is 0. The van der Waals surface area contributed by atoms with E-state index in [-0.39, 0.29) is 6.42 Å². The van der Waals surface area contributed by atoms with E-state index in [1.807, 2.05) is 19.1 Å². The first kappa shape index (κ1) is 15.7. The van der Waals surface area contributed by atoms with E-state index in [1.54, 1.807) is 12.3 Å². The zero-order valence-corrected chi connectivity index (χ0v) is 11.5. The molecule has 0 saturated carbocycles. The summed E-state index contributed by atoms with van der Waals surface area (Å²) in [5, 5.41) is 11.5. The maximum atomic E-state index is 12.1. The maximum absolute atomic E-state index is 12.1. The van der Waals surface area contributed by atoms with E-state index in [2.05, 4.69) is 16.9 Å². The van der Waals surface area contributed by atoms with E-state index >= 15 is 0 Å². The summed E-state index contributed by atoms with van der Waals surface area (Å²) in [6.45, 7) is 6.11. The number of hydrogen-bond acceptors (Lipinski definition) is 3. The molecule has 20 heavy (non-hydrogen) atoms. The van der Waals surface area contributed by atoms with Crippen LogP contribution in [-0.4, -0.2) is 39.6 Å². The molecule has 2 N–H and O–H groups in total. The molecule has 6 nitrogen and oxygen atoms in total. The Balaban J connectivity index is 2.66. The lowest BCUT2D eigenvalue weighted by Gasteiger charge is -2.23. The lowest BCUT2D eigenvalue weighted by molar-refractivity contribution is -0.139. The minimum atomic E-state index is -1.08. The molecule has 0 bridgehead atoms. The second-order valence-corrected chi connectivity index (χ2v) is 4.20. The molecule has 1 atom stereocenters. The number of nitrogens with one attached hydrogen (secondary N) is 1. The third-order valence-corrected chi connectivity index (χ3v) is 2.75. The first-order valence-electron chi connectivity index (χ1n) is 6.37. The van der Waals surface area contributed by atoms with Gasteiger partial charge in [0.2, 0.25) is 0 Å². The van der Waals surface area contributed by atoms with Crippen molar-refractivity contribution in [2.45, 2.75) is 25.9 Å². The fourth-order valence-electron chi connectivity index (χ4n) is 1.64. The Labute approximate surface area is 118 Å². The third-order valence-electron chi connectivity index (χ3n) is 2.75. The van der Waals surface area contributed by atoms with Crippen LogP contribution in [0, 0.1) is 0 Å². The number of nitrogens with zero attached hydrogens (tertiary/aromatic N) is 2. The summed E-state index contributed by atoms with van der Waals surface area (Å²) >= 11 is 0. The van der Waals surface area contributed by atoms with Gasteiger partial charge in [-0.3, -0.25) is 4.98 Å². The number of urea groups is 1. The van der Waals surface area contributed by atoms with Crippen molar-refractivity contribution in [3.63, 3.8) is 0 Å². The zero-order chi connectivity index (χ0) is 15.0. The van der Waals surface area contributed by atoms with Crippen molar-refractivity contribution in [1.29, 1.82) is 0 Å². The van der Waals surface area contributed by atoms with Crippen molar-refractivity contribution < 1.29 is 14.7 Å². The van der Waals surface area contributed by atoms with Crippen LogP contribution in [0.25, 0.3) is 0 Å². The van der Waals surface area contributed by atoms with Crippen LogP contribution in [0.4, 0.5) is 4.79 Å². The fraction of sp³-hybridized carbons (Fsp3) is 0.357. The highest BCUT2D eigenvalue weighted by molar-refractivity contribution is 5.82. The van der Waals surface area contributed by atoms with Gasteiger partial charge >= 0.3 is 12.0 Å². The molecule has 0 aliphatic carbocycles. The number of hydrogen-bond donors (Lipinski definition) is 2. The van der Waals surface area contributed by atoms with Gasteiger partial charge in [0, 0.05) is 12.7 Å². The van der Waals surface area contributed by atoms with Gasteiger partial charge in [-0.1, -0.05) is 12.1 Å². The van der Waals surface area contributed by atoms with Gasteiger partial charge in [0.05, 0.1) is 12.2 Å². The van der Waals surface area contributed by atoms with E-state index in [0.717, 1.165) is 5.69 Å². The van der Waals surface area contributed by atoms with Crippen LogP contribution < -0.4 is 5.32 Å². The predicted molar refractivity (Wildman–Crippen MR) is 75.1 cm³/mol. The van der Waals surface area contributed by atoms with Crippen molar-refractivity contribution in [1.82, 2.24) is 15.2 Å². The molecule has 1 rings (SSSR count). The summed E-state index contributed by atoms with van der Waals surface area (Å²) in [4.78, 5) is 28.7. The van der Waals surface area contributed by atoms with Gasteiger partial charge in [0.25, 0.3) is 0 Å². The van der Waals surface area contributed by atoms with Crippen LogP contribution in [0.1, 0.15) is 19.0 Å². The molecule has 1 unspecified atom stereocenters. The molecule has 0 saturated heterocycles. The number of carbonyl (C=O) groups is 2. The van der Waals surface area contributed by atoms with Gasteiger partial charge in [-0.05, 0) is 25.5 Å². The van der Waals surface area contributed by atoms with Crippen molar-refractivity contribution in [3.05, 3.63) is 42.7 Å². The molecule has 2 amide bonds. The highest BCUT2D eigenvalue weighted by atomic mass is 16.4. The summed E-state index contributed by atoms with van der Waals surface area (Å²) in [6, 6.07) is 4.06. The van der Waals surface area contributed by atoms with Crippen LogP contribution in [0.5, 0.6) is 0 Å². The Morgan fingerprint density at radius 3 is 2.80 bits per heavy atom. The predicted octanol–water partition coefficient (Wildman–Crippen LogP) is 1.64. The van der Waals surface area contributed by atoms with Gasteiger partial charge in [-0.2, -0.15) is 0 Å². The Morgan fingerprint density at radius 2 is 2.30 bits per heavy atom. The molecule has 0 aliphatic heterocycles. The molecule has 108 valence electrons. The molecular weight excluding hydrogens is 258 g/mol. The molecule has 0 fully saturated rings. The van der Waals surface area contributed by atoms with Crippen LogP contribution in [0.2, 0.25) is 0 Å². The van der Waals surface area contributed by atoms with Crippen LogP contribution in [0.15, 0.2) is 37.1 Å². The SMILES string of the molecule is C=CCC(NC(=O)N(CC)Cc1ccccn1)C(=O)O. The van der Waals surface area contributed by atoms with Gasteiger partial charge in [0.15, 0.2) is 0 Å². The van der Waals surface area contributed by atoms with Gasteiger partial charge in [-0.25, -0.2) is 9.59 Å². The highest BCUT2D eigenvalue weighted by Gasteiger charge is 2.21. The number of amides is 2. The third kappa shape index (κ3) is 4.72. The van der Waals surface area contributed by atoms with Crippen LogP contribution in [0.3, 0.4) is 0 Å². The summed E-state index contributed by atoms with van der Waals surface area (Å²) in [5.41, 5.74) is 0.750. The lowest BCUT2D eigenvalue weighted by atomic mass is 10.2. The Morgan fingerprint density at radius 1 is 1.55 bits per heavy atom. The number of pyridine rings is 1. The van der Waals surface area contributed by atoms with E-state index in [9.17, 15) is 9.59 Å². The number of rotatable bonds is 7. The average molecular weight is 277 g/mol.